The van der Waals surface area contributed by atoms with E-state index in [0.717, 1.165) is 10.9 Å². The number of aryl methyl sites for hydroxylation is 1. The van der Waals surface area contributed by atoms with E-state index >= 15 is 0 Å². The Morgan fingerprint density at radius 1 is 1.53 bits per heavy atom. The van der Waals surface area contributed by atoms with Crippen LogP contribution in [-0.4, -0.2) is 16.5 Å². The first-order chi connectivity index (χ1) is 8.02. The van der Waals surface area contributed by atoms with Gasteiger partial charge in [0.15, 0.2) is 0 Å². The van der Waals surface area contributed by atoms with Crippen molar-refractivity contribution in [1.29, 1.82) is 0 Å². The highest BCUT2D eigenvalue weighted by molar-refractivity contribution is 9.10. The number of aromatic nitrogens is 1. The third kappa shape index (κ3) is 4.73. The van der Waals surface area contributed by atoms with E-state index in [4.69, 9.17) is 0 Å². The molecule has 4 nitrogen and oxygen atoms in total. The highest BCUT2D eigenvalue weighted by Crippen LogP contribution is 2.05. The Balaban J connectivity index is 2.53. The van der Waals surface area contributed by atoms with Crippen molar-refractivity contribution in [3.63, 3.8) is 0 Å². The molecule has 17 heavy (non-hydrogen) atoms. The van der Waals surface area contributed by atoms with Crippen LogP contribution in [0.4, 0.5) is 0 Å². The fraction of sp³-hybridized carbons (Fsp3) is 0.500. The zero-order valence-corrected chi connectivity index (χ0v) is 11.7. The number of nitrogens with zero attached hydrogens (tertiary/aromatic N) is 1. The second-order valence-electron chi connectivity index (χ2n) is 4.01. The number of halogens is 1. The number of amides is 1. The van der Waals surface area contributed by atoms with E-state index < -0.39 is 0 Å². The fourth-order valence-corrected chi connectivity index (χ4v) is 1.73. The molecule has 0 aliphatic heterocycles. The second-order valence-corrected chi connectivity index (χ2v) is 4.92. The average molecular weight is 301 g/mol. The van der Waals surface area contributed by atoms with Gasteiger partial charge in [0, 0.05) is 35.7 Å². The Kier molecular flexibility index (Phi) is 5.41. The Bertz CT molecular complexity index is 442. The molecule has 0 aliphatic rings. The smallest absolute Gasteiger partial charge is 0.250 e. The van der Waals surface area contributed by atoms with E-state index in [1.807, 2.05) is 13.8 Å². The molecule has 0 aromatic carbocycles. The number of carbonyl (C=O) groups excluding carboxylic acids is 1. The summed E-state index contributed by atoms with van der Waals surface area (Å²) in [6.07, 6.45) is 2.92. The second kappa shape index (κ2) is 6.59. The third-order valence-corrected chi connectivity index (χ3v) is 3.02. The maximum Gasteiger partial charge on any atom is 0.250 e. The Labute approximate surface area is 109 Å². The molecule has 0 spiro atoms. The van der Waals surface area contributed by atoms with Crippen LogP contribution >= 0.6 is 15.9 Å². The molecule has 1 heterocycles. The summed E-state index contributed by atoms with van der Waals surface area (Å²) in [5, 5.41) is 2.87. The lowest BCUT2D eigenvalue weighted by atomic mass is 10.2. The number of carbonyl (C=O) groups is 1. The van der Waals surface area contributed by atoms with Crippen LogP contribution in [-0.2, 0) is 11.3 Å². The van der Waals surface area contributed by atoms with Crippen molar-refractivity contribution in [3.8, 4) is 0 Å². The lowest BCUT2D eigenvalue weighted by Gasteiger charge is -2.11. The average Bonchev–Trinajstić information content (AvgIpc) is 2.30. The van der Waals surface area contributed by atoms with Crippen LogP contribution in [0.25, 0.3) is 0 Å². The summed E-state index contributed by atoms with van der Waals surface area (Å²) in [6, 6.07) is 3.36. The van der Waals surface area contributed by atoms with Crippen LogP contribution in [0.15, 0.2) is 27.6 Å². The molecule has 0 fully saturated rings. The summed E-state index contributed by atoms with van der Waals surface area (Å²) in [5.74, 6) is -0.0220. The minimum Gasteiger partial charge on any atom is -0.354 e. The number of hydrogen-bond acceptors (Lipinski definition) is 2. The first-order valence-electron chi connectivity index (χ1n) is 5.68. The zero-order chi connectivity index (χ0) is 12.8. The van der Waals surface area contributed by atoms with Crippen LogP contribution in [0.1, 0.15) is 26.7 Å². The summed E-state index contributed by atoms with van der Waals surface area (Å²) in [7, 11) is 0. The minimum absolute atomic E-state index is 0.0220. The third-order valence-electron chi connectivity index (χ3n) is 2.55. The molecule has 0 aliphatic carbocycles. The van der Waals surface area contributed by atoms with Gasteiger partial charge in [-0.05, 0) is 35.3 Å². The van der Waals surface area contributed by atoms with E-state index in [9.17, 15) is 9.59 Å². The van der Waals surface area contributed by atoms with E-state index in [1.165, 1.54) is 10.6 Å². The summed E-state index contributed by atoms with van der Waals surface area (Å²) in [6.45, 7) is 4.38. The van der Waals surface area contributed by atoms with Gasteiger partial charge in [0.2, 0.25) is 5.91 Å². The molecule has 0 saturated heterocycles. The monoisotopic (exact) mass is 300 g/mol. The highest BCUT2D eigenvalue weighted by Gasteiger charge is 2.06. The quantitative estimate of drug-likeness (QED) is 0.903. The van der Waals surface area contributed by atoms with E-state index in [1.54, 1.807) is 12.3 Å². The van der Waals surface area contributed by atoms with Gasteiger partial charge in [-0.15, -0.1) is 0 Å². The fourth-order valence-electron chi connectivity index (χ4n) is 1.35. The Hall–Kier alpha value is -1.10. The summed E-state index contributed by atoms with van der Waals surface area (Å²) in [4.78, 5) is 23.0. The van der Waals surface area contributed by atoms with Gasteiger partial charge < -0.3 is 9.88 Å². The number of pyridine rings is 1. The normalized spacial score (nSPS) is 12.2. The van der Waals surface area contributed by atoms with Gasteiger partial charge >= 0.3 is 0 Å². The largest absolute Gasteiger partial charge is 0.354 e. The molecule has 1 aromatic heterocycles. The molecule has 94 valence electrons. The van der Waals surface area contributed by atoms with Crippen LogP contribution in [0.2, 0.25) is 0 Å². The first kappa shape index (κ1) is 14.0. The maximum absolute atomic E-state index is 11.5. The van der Waals surface area contributed by atoms with Gasteiger partial charge in [-0.3, -0.25) is 9.59 Å². The van der Waals surface area contributed by atoms with Gasteiger partial charge in [0.05, 0.1) is 0 Å². The van der Waals surface area contributed by atoms with Crippen molar-refractivity contribution in [2.45, 2.75) is 39.3 Å². The molecular formula is C12H17BrN2O2. The van der Waals surface area contributed by atoms with Crippen LogP contribution in [0.5, 0.6) is 0 Å². The molecule has 1 amide bonds. The molecular weight excluding hydrogens is 284 g/mol. The van der Waals surface area contributed by atoms with Crippen LogP contribution in [0, 0.1) is 0 Å². The van der Waals surface area contributed by atoms with Crippen molar-refractivity contribution in [2.75, 3.05) is 0 Å². The maximum atomic E-state index is 11.5. The molecule has 1 rings (SSSR count). The SMILES string of the molecule is CCC(C)NC(=O)CCn1cc(Br)ccc1=O. The first-order valence-corrected chi connectivity index (χ1v) is 6.47. The molecule has 1 aromatic rings. The summed E-state index contributed by atoms with van der Waals surface area (Å²) < 4.78 is 2.36. The number of hydrogen-bond donors (Lipinski definition) is 1. The van der Waals surface area contributed by atoms with Crippen molar-refractivity contribution in [2.24, 2.45) is 0 Å². The summed E-state index contributed by atoms with van der Waals surface area (Å²) in [5.41, 5.74) is -0.0930. The predicted octanol–water partition coefficient (Wildman–Crippen LogP) is 1.92. The molecule has 1 N–H and O–H groups in total. The van der Waals surface area contributed by atoms with Crippen LogP contribution < -0.4 is 10.9 Å². The predicted molar refractivity (Wildman–Crippen MR) is 70.9 cm³/mol. The van der Waals surface area contributed by atoms with Gasteiger partial charge in [0.25, 0.3) is 5.56 Å². The standard InChI is InChI=1S/C12H17BrN2O2/c1-3-9(2)14-11(16)6-7-15-8-10(13)4-5-12(15)17/h4-5,8-9H,3,6-7H2,1-2H3,(H,14,16). The number of nitrogens with one attached hydrogen (secondary N) is 1. The molecule has 0 saturated carbocycles. The Morgan fingerprint density at radius 2 is 2.24 bits per heavy atom. The van der Waals surface area contributed by atoms with Crippen molar-refractivity contribution < 1.29 is 4.79 Å². The lowest BCUT2D eigenvalue weighted by Crippen LogP contribution is -2.33. The van der Waals surface area contributed by atoms with E-state index in [0.29, 0.717) is 13.0 Å². The van der Waals surface area contributed by atoms with Crippen molar-refractivity contribution in [1.82, 2.24) is 9.88 Å². The minimum atomic E-state index is -0.0930. The van der Waals surface area contributed by atoms with Crippen molar-refractivity contribution in [3.05, 3.63) is 33.2 Å². The molecule has 1 atom stereocenters. The Morgan fingerprint density at radius 3 is 2.88 bits per heavy atom. The van der Waals surface area contributed by atoms with Gasteiger partial charge in [-0.2, -0.15) is 0 Å². The topological polar surface area (TPSA) is 51.1 Å². The van der Waals surface area contributed by atoms with Gasteiger partial charge in [0.1, 0.15) is 0 Å². The van der Waals surface area contributed by atoms with Gasteiger partial charge in [-0.1, -0.05) is 6.92 Å². The lowest BCUT2D eigenvalue weighted by molar-refractivity contribution is -0.121. The molecule has 5 heteroatoms. The molecule has 0 bridgehead atoms. The van der Waals surface area contributed by atoms with Gasteiger partial charge in [-0.25, -0.2) is 0 Å². The zero-order valence-electron chi connectivity index (χ0n) is 10.1. The highest BCUT2D eigenvalue weighted by atomic mass is 79.9. The molecule has 1 unspecified atom stereocenters. The summed E-state index contributed by atoms with van der Waals surface area (Å²) >= 11 is 3.29. The number of rotatable bonds is 5. The van der Waals surface area contributed by atoms with E-state index in [-0.39, 0.29) is 17.5 Å². The van der Waals surface area contributed by atoms with E-state index in [2.05, 4.69) is 21.2 Å². The molecule has 0 radical (unpaired) electrons. The van der Waals surface area contributed by atoms with Crippen LogP contribution in [0.3, 0.4) is 0 Å². The van der Waals surface area contributed by atoms with Crippen molar-refractivity contribution >= 4 is 21.8 Å².